The predicted molar refractivity (Wildman–Crippen MR) is 84.8 cm³/mol. The highest BCUT2D eigenvalue weighted by molar-refractivity contribution is 7.98. The summed E-state index contributed by atoms with van der Waals surface area (Å²) in [5.74, 6) is 2.04. The van der Waals surface area contributed by atoms with Crippen molar-refractivity contribution in [1.82, 2.24) is 9.97 Å². The maximum absolute atomic E-state index is 5.88. The average molecular weight is 276 g/mol. The molecule has 0 bridgehead atoms. The zero-order chi connectivity index (χ0) is 13.8. The van der Waals surface area contributed by atoms with Crippen molar-refractivity contribution >= 4 is 34.2 Å². The fourth-order valence-corrected chi connectivity index (χ4v) is 3.05. The lowest BCUT2D eigenvalue weighted by atomic mass is 10.1. The van der Waals surface area contributed by atoms with Gasteiger partial charge in [0.25, 0.3) is 0 Å². The molecule has 5 heteroatoms. The van der Waals surface area contributed by atoms with Crippen LogP contribution < -0.4 is 10.6 Å². The Morgan fingerprint density at radius 2 is 2.16 bits per heavy atom. The van der Waals surface area contributed by atoms with E-state index < -0.39 is 0 Å². The summed E-state index contributed by atoms with van der Waals surface area (Å²) in [6.45, 7) is 2.20. The van der Waals surface area contributed by atoms with Crippen molar-refractivity contribution in [2.45, 2.75) is 19.4 Å². The van der Waals surface area contributed by atoms with E-state index in [9.17, 15) is 0 Å². The van der Waals surface area contributed by atoms with Gasteiger partial charge in [-0.05, 0) is 30.9 Å². The summed E-state index contributed by atoms with van der Waals surface area (Å²) in [5.41, 5.74) is 7.56. The normalized spacial score (nSPS) is 12.6. The molecule has 1 aromatic carbocycles. The number of benzene rings is 1. The van der Waals surface area contributed by atoms with Crippen molar-refractivity contribution in [3.8, 4) is 0 Å². The van der Waals surface area contributed by atoms with Crippen molar-refractivity contribution in [3.05, 3.63) is 24.5 Å². The van der Waals surface area contributed by atoms with Crippen LogP contribution in [0.5, 0.6) is 0 Å². The molecule has 0 amide bonds. The molecule has 0 saturated heterocycles. The summed E-state index contributed by atoms with van der Waals surface area (Å²) < 4.78 is 0. The number of nitrogens with two attached hydrogens (primary N) is 1. The van der Waals surface area contributed by atoms with Crippen LogP contribution in [-0.2, 0) is 0 Å². The number of thioether (sulfide) groups is 1. The zero-order valence-electron chi connectivity index (χ0n) is 11.6. The van der Waals surface area contributed by atoms with Crippen LogP contribution in [-0.4, -0.2) is 35.1 Å². The van der Waals surface area contributed by atoms with Crippen LogP contribution in [0.3, 0.4) is 0 Å². The number of fused-ring (bicyclic) bond motifs is 1. The van der Waals surface area contributed by atoms with E-state index in [0.29, 0.717) is 6.04 Å². The monoisotopic (exact) mass is 276 g/mol. The molecule has 2 aromatic rings. The van der Waals surface area contributed by atoms with Gasteiger partial charge in [0.1, 0.15) is 12.1 Å². The second-order valence-electron chi connectivity index (χ2n) is 4.60. The van der Waals surface area contributed by atoms with E-state index in [0.717, 1.165) is 34.6 Å². The van der Waals surface area contributed by atoms with Crippen LogP contribution in [0.4, 0.5) is 11.5 Å². The highest BCUT2D eigenvalue weighted by atomic mass is 32.2. The van der Waals surface area contributed by atoms with Crippen LogP contribution in [0.2, 0.25) is 0 Å². The summed E-state index contributed by atoms with van der Waals surface area (Å²) in [7, 11) is 2.09. The highest BCUT2D eigenvalue weighted by Gasteiger charge is 2.16. The minimum Gasteiger partial charge on any atom is -0.399 e. The van der Waals surface area contributed by atoms with E-state index in [4.69, 9.17) is 5.73 Å². The summed E-state index contributed by atoms with van der Waals surface area (Å²) in [4.78, 5) is 11.0. The predicted octanol–water partition coefficient (Wildman–Crippen LogP) is 2.79. The lowest BCUT2D eigenvalue weighted by Gasteiger charge is -2.28. The van der Waals surface area contributed by atoms with E-state index in [-0.39, 0.29) is 0 Å². The number of anilines is 2. The molecule has 1 atom stereocenters. The van der Waals surface area contributed by atoms with Gasteiger partial charge in [-0.3, -0.25) is 0 Å². The van der Waals surface area contributed by atoms with Gasteiger partial charge in [0.15, 0.2) is 0 Å². The van der Waals surface area contributed by atoms with Crippen LogP contribution in [0.1, 0.15) is 13.3 Å². The Labute approximate surface area is 118 Å². The van der Waals surface area contributed by atoms with Crippen molar-refractivity contribution in [1.29, 1.82) is 0 Å². The van der Waals surface area contributed by atoms with Gasteiger partial charge in [-0.1, -0.05) is 6.92 Å². The SMILES string of the molecule is CCC(CSC)N(C)c1ncnc2ccc(N)cc12. The molecule has 2 rings (SSSR count). The number of aromatic nitrogens is 2. The molecule has 0 radical (unpaired) electrons. The smallest absolute Gasteiger partial charge is 0.139 e. The summed E-state index contributed by atoms with van der Waals surface area (Å²) in [5, 5.41) is 1.02. The van der Waals surface area contributed by atoms with Gasteiger partial charge < -0.3 is 10.6 Å². The molecule has 0 spiro atoms. The van der Waals surface area contributed by atoms with Crippen LogP contribution >= 0.6 is 11.8 Å². The van der Waals surface area contributed by atoms with Crippen molar-refractivity contribution in [2.75, 3.05) is 29.7 Å². The van der Waals surface area contributed by atoms with Gasteiger partial charge in [-0.2, -0.15) is 11.8 Å². The number of hydrogen-bond donors (Lipinski definition) is 1. The first kappa shape index (κ1) is 13.9. The Hall–Kier alpha value is -1.49. The minimum absolute atomic E-state index is 0.467. The molecule has 0 fully saturated rings. The molecule has 0 saturated carbocycles. The van der Waals surface area contributed by atoms with Crippen molar-refractivity contribution in [3.63, 3.8) is 0 Å². The van der Waals surface area contributed by atoms with Gasteiger partial charge >= 0.3 is 0 Å². The van der Waals surface area contributed by atoms with E-state index in [1.54, 1.807) is 6.33 Å². The highest BCUT2D eigenvalue weighted by Crippen LogP contribution is 2.26. The van der Waals surface area contributed by atoms with Gasteiger partial charge in [-0.25, -0.2) is 9.97 Å². The topological polar surface area (TPSA) is 55.0 Å². The fraction of sp³-hybridized carbons (Fsp3) is 0.429. The third kappa shape index (κ3) is 2.92. The molecule has 19 heavy (non-hydrogen) atoms. The third-order valence-electron chi connectivity index (χ3n) is 3.35. The molecule has 1 unspecified atom stereocenters. The minimum atomic E-state index is 0.467. The van der Waals surface area contributed by atoms with Gasteiger partial charge in [0.05, 0.1) is 5.52 Å². The molecular formula is C14H20N4S. The lowest BCUT2D eigenvalue weighted by Crippen LogP contribution is -2.33. The molecule has 0 aliphatic heterocycles. The number of nitrogen functional groups attached to an aromatic ring is 1. The molecule has 4 nitrogen and oxygen atoms in total. The van der Waals surface area contributed by atoms with E-state index in [1.165, 1.54) is 0 Å². The maximum Gasteiger partial charge on any atom is 0.139 e. The Kier molecular flexibility index (Phi) is 4.47. The quantitative estimate of drug-likeness (QED) is 0.851. The Morgan fingerprint density at radius 1 is 1.37 bits per heavy atom. The zero-order valence-corrected chi connectivity index (χ0v) is 12.4. The van der Waals surface area contributed by atoms with Crippen LogP contribution in [0.15, 0.2) is 24.5 Å². The van der Waals surface area contributed by atoms with Crippen LogP contribution in [0.25, 0.3) is 10.9 Å². The lowest BCUT2D eigenvalue weighted by molar-refractivity contribution is 0.667. The molecule has 0 aliphatic rings. The molecular weight excluding hydrogens is 256 g/mol. The third-order valence-corrected chi connectivity index (χ3v) is 4.07. The van der Waals surface area contributed by atoms with Gasteiger partial charge in [0.2, 0.25) is 0 Å². The number of rotatable bonds is 5. The fourth-order valence-electron chi connectivity index (χ4n) is 2.21. The van der Waals surface area contributed by atoms with Crippen LogP contribution in [0, 0.1) is 0 Å². The second kappa shape index (κ2) is 6.10. The standard InChI is InChI=1S/C14H20N4S/c1-4-11(8-19-3)18(2)14-12-7-10(15)5-6-13(12)16-9-17-14/h5-7,9,11H,4,8,15H2,1-3H3. The first-order valence-electron chi connectivity index (χ1n) is 6.39. The van der Waals surface area contributed by atoms with Crippen molar-refractivity contribution in [2.24, 2.45) is 0 Å². The molecule has 1 heterocycles. The molecule has 0 aliphatic carbocycles. The first-order chi connectivity index (χ1) is 9.17. The van der Waals surface area contributed by atoms with Crippen molar-refractivity contribution < 1.29 is 0 Å². The molecule has 2 N–H and O–H groups in total. The van der Waals surface area contributed by atoms with Gasteiger partial charge in [-0.15, -0.1) is 0 Å². The van der Waals surface area contributed by atoms with E-state index in [2.05, 4.69) is 35.1 Å². The average Bonchev–Trinajstić information content (AvgIpc) is 2.43. The summed E-state index contributed by atoms with van der Waals surface area (Å²) in [6, 6.07) is 6.24. The summed E-state index contributed by atoms with van der Waals surface area (Å²) in [6.07, 6.45) is 4.84. The maximum atomic E-state index is 5.88. The van der Waals surface area contributed by atoms with E-state index in [1.807, 2.05) is 30.0 Å². The largest absolute Gasteiger partial charge is 0.399 e. The Bertz CT molecular complexity index is 558. The molecule has 1 aromatic heterocycles. The summed E-state index contributed by atoms with van der Waals surface area (Å²) >= 11 is 1.86. The Morgan fingerprint density at radius 3 is 2.84 bits per heavy atom. The first-order valence-corrected chi connectivity index (χ1v) is 7.78. The van der Waals surface area contributed by atoms with Gasteiger partial charge in [0, 0.05) is 29.9 Å². The Balaban J connectivity index is 2.46. The second-order valence-corrected chi connectivity index (χ2v) is 5.51. The number of nitrogens with zero attached hydrogens (tertiary/aromatic N) is 3. The molecule has 102 valence electrons. The number of hydrogen-bond acceptors (Lipinski definition) is 5. The van der Waals surface area contributed by atoms with E-state index >= 15 is 0 Å².